The molecule has 210 valence electrons. The third kappa shape index (κ3) is 5.62. The number of hydrogen-bond donors (Lipinski definition) is 2. The molecule has 3 heterocycles. The fourth-order valence-electron chi connectivity index (χ4n) is 4.58. The molecule has 0 unspecified atom stereocenters. The highest BCUT2D eigenvalue weighted by atomic mass is 32.1. The molecule has 0 spiro atoms. The van der Waals surface area contributed by atoms with E-state index >= 15 is 0 Å². The number of methoxy groups -OCH3 is 1. The van der Waals surface area contributed by atoms with Crippen molar-refractivity contribution in [2.24, 2.45) is 5.41 Å². The van der Waals surface area contributed by atoms with Crippen LogP contribution >= 0.6 is 12.2 Å². The van der Waals surface area contributed by atoms with Crippen LogP contribution in [0.1, 0.15) is 44.3 Å². The minimum absolute atomic E-state index is 0.00310. The predicted octanol–water partition coefficient (Wildman–Crippen LogP) is 6.42. The highest BCUT2D eigenvalue weighted by molar-refractivity contribution is 7.80. The van der Waals surface area contributed by atoms with Crippen molar-refractivity contribution in [2.75, 3.05) is 17.3 Å². The van der Waals surface area contributed by atoms with Crippen molar-refractivity contribution in [1.29, 1.82) is 0 Å². The molecule has 1 aliphatic rings. The normalized spacial score (nSPS) is 16.8. The molecule has 10 nitrogen and oxygen atoms in total. The van der Waals surface area contributed by atoms with Gasteiger partial charge in [-0.05, 0) is 60.7 Å². The van der Waals surface area contributed by atoms with Crippen LogP contribution in [0.2, 0.25) is 0 Å². The lowest BCUT2D eigenvalue weighted by atomic mass is 9.95. The first-order valence-corrected chi connectivity index (χ1v) is 13.3. The number of rotatable bonds is 7. The molecule has 1 aliphatic heterocycles. The number of nitro groups is 1. The summed E-state index contributed by atoms with van der Waals surface area (Å²) in [5.74, 6) is 1.52. The summed E-state index contributed by atoms with van der Waals surface area (Å²) < 4.78 is 12.0. The Morgan fingerprint density at radius 2 is 1.88 bits per heavy atom. The Balaban J connectivity index is 1.54. The van der Waals surface area contributed by atoms with Crippen LogP contribution in [0, 0.1) is 15.5 Å². The number of hydrogen-bond acceptors (Lipinski definition) is 7. The second-order valence-electron chi connectivity index (χ2n) is 10.6. The molecule has 2 atom stereocenters. The van der Waals surface area contributed by atoms with Gasteiger partial charge in [-0.15, -0.1) is 0 Å². The number of furan rings is 1. The second-order valence-corrected chi connectivity index (χ2v) is 11.0. The summed E-state index contributed by atoms with van der Waals surface area (Å²) in [6.07, 6.45) is 1.72. The minimum Gasteiger partial charge on any atom is -0.494 e. The quantitative estimate of drug-likeness (QED) is 0.147. The van der Waals surface area contributed by atoms with E-state index < -0.39 is 16.4 Å². The van der Waals surface area contributed by atoms with E-state index in [9.17, 15) is 14.9 Å². The largest absolute Gasteiger partial charge is 0.494 e. The summed E-state index contributed by atoms with van der Waals surface area (Å²) in [5, 5.41) is 17.9. The van der Waals surface area contributed by atoms with E-state index in [2.05, 4.69) is 15.6 Å². The number of aromatic nitrogens is 1. The highest BCUT2D eigenvalue weighted by Crippen LogP contribution is 2.44. The molecule has 0 aliphatic carbocycles. The molecular weight excluding hydrogens is 542 g/mol. The molecule has 4 aromatic rings. The number of carbonyl (C=O) groups excluding carboxylic acids is 1. The lowest BCUT2D eigenvalue weighted by Gasteiger charge is -2.27. The van der Waals surface area contributed by atoms with Crippen LogP contribution in [-0.2, 0) is 4.79 Å². The maximum absolute atomic E-state index is 12.6. The molecule has 2 aromatic carbocycles. The number of amides is 1. The zero-order valence-electron chi connectivity index (χ0n) is 23.0. The number of non-ortho nitro benzene ring substituents is 1. The van der Waals surface area contributed by atoms with Gasteiger partial charge in [-0.3, -0.25) is 19.9 Å². The molecule has 1 fully saturated rings. The number of thiocarbonyl (C=S) groups is 1. The first-order chi connectivity index (χ1) is 19.6. The Kier molecular flexibility index (Phi) is 7.46. The molecule has 5 rings (SSSR count). The highest BCUT2D eigenvalue weighted by Gasteiger charge is 2.43. The number of anilines is 2. The maximum atomic E-state index is 12.6. The van der Waals surface area contributed by atoms with Gasteiger partial charge in [0.25, 0.3) is 5.69 Å². The summed E-state index contributed by atoms with van der Waals surface area (Å²) in [6.45, 7) is 5.52. The van der Waals surface area contributed by atoms with Crippen LogP contribution in [0.25, 0.3) is 11.3 Å². The lowest BCUT2D eigenvalue weighted by molar-refractivity contribution is -0.384. The van der Waals surface area contributed by atoms with Crippen molar-refractivity contribution >= 4 is 40.3 Å². The van der Waals surface area contributed by atoms with Gasteiger partial charge in [-0.2, -0.15) is 0 Å². The predicted molar refractivity (Wildman–Crippen MR) is 160 cm³/mol. The molecule has 11 heteroatoms. The van der Waals surface area contributed by atoms with Gasteiger partial charge < -0.3 is 24.7 Å². The fraction of sp³-hybridized carbons (Fsp3) is 0.233. The maximum Gasteiger partial charge on any atom is 0.269 e. The summed E-state index contributed by atoms with van der Waals surface area (Å²) in [7, 11) is 1.55. The molecule has 0 radical (unpaired) electrons. The minimum atomic E-state index is -0.578. The number of carbonyl (C=O) groups is 1. The van der Waals surface area contributed by atoms with Crippen molar-refractivity contribution in [3.8, 4) is 17.1 Å². The van der Waals surface area contributed by atoms with Gasteiger partial charge in [0.2, 0.25) is 5.91 Å². The summed E-state index contributed by atoms with van der Waals surface area (Å²) in [6, 6.07) is 20.3. The zero-order chi connectivity index (χ0) is 29.3. The van der Waals surface area contributed by atoms with E-state index in [-0.39, 0.29) is 17.6 Å². The van der Waals surface area contributed by atoms with Gasteiger partial charge in [0, 0.05) is 41.1 Å². The zero-order valence-corrected chi connectivity index (χ0v) is 23.8. The van der Waals surface area contributed by atoms with Crippen molar-refractivity contribution in [2.45, 2.75) is 32.9 Å². The van der Waals surface area contributed by atoms with Crippen LogP contribution in [0.15, 0.2) is 83.4 Å². The SMILES string of the molecule is COc1cc(N2C(=S)N[C@H](c3ccccn3)[C@H]2c2ccc(-c3ccc([N+](=O)[O-])cc3)o2)ccc1NC(=O)C(C)(C)C. The average Bonchev–Trinajstić information content (AvgIpc) is 3.58. The third-order valence-corrected chi connectivity index (χ3v) is 7.09. The number of nitrogens with zero attached hydrogens (tertiary/aromatic N) is 3. The molecule has 41 heavy (non-hydrogen) atoms. The number of benzene rings is 2. The molecular formula is C30H29N5O5S. The van der Waals surface area contributed by atoms with Crippen LogP contribution in [-0.4, -0.2) is 28.0 Å². The first kappa shape index (κ1) is 27.8. The van der Waals surface area contributed by atoms with Crippen molar-refractivity contribution in [3.05, 3.63) is 101 Å². The monoisotopic (exact) mass is 571 g/mol. The number of ether oxygens (including phenoxy) is 1. The number of pyridine rings is 1. The standard InChI is InChI=1S/C30H29N5O5S/c1-30(2,3)28(36)32-21-13-12-20(17-25(21)39-4)34-27(26(33-29(34)41)22-7-5-6-16-31-22)24-15-14-23(40-24)18-8-10-19(11-9-18)35(37)38/h5-17,26-27H,1-4H3,(H,32,36)(H,33,41)/t26-,27-/m1/s1. The molecule has 1 saturated heterocycles. The van der Waals surface area contributed by atoms with Gasteiger partial charge in [0.05, 0.1) is 29.5 Å². The Hall–Kier alpha value is -4.77. The van der Waals surface area contributed by atoms with Crippen LogP contribution in [0.5, 0.6) is 5.75 Å². The van der Waals surface area contributed by atoms with Crippen molar-refractivity contribution in [1.82, 2.24) is 10.3 Å². The number of nitrogens with one attached hydrogen (secondary N) is 2. The first-order valence-electron chi connectivity index (χ1n) is 12.9. The Bertz CT molecular complexity index is 1600. The molecule has 2 aromatic heterocycles. The van der Waals surface area contributed by atoms with Gasteiger partial charge in [-0.1, -0.05) is 26.8 Å². The van der Waals surface area contributed by atoms with E-state index in [1.54, 1.807) is 31.5 Å². The summed E-state index contributed by atoms with van der Waals surface area (Å²) in [4.78, 5) is 29.8. The molecule has 0 bridgehead atoms. The summed E-state index contributed by atoms with van der Waals surface area (Å²) >= 11 is 5.82. The molecule has 2 N–H and O–H groups in total. The fourth-order valence-corrected chi connectivity index (χ4v) is 4.93. The van der Waals surface area contributed by atoms with Gasteiger partial charge in [0.15, 0.2) is 5.11 Å². The lowest BCUT2D eigenvalue weighted by Crippen LogP contribution is -2.30. The smallest absolute Gasteiger partial charge is 0.269 e. The Labute approximate surface area is 242 Å². The van der Waals surface area contributed by atoms with E-state index in [4.69, 9.17) is 21.4 Å². The van der Waals surface area contributed by atoms with Gasteiger partial charge >= 0.3 is 0 Å². The number of nitro benzene ring substituents is 1. The van der Waals surface area contributed by atoms with Crippen molar-refractivity contribution in [3.63, 3.8) is 0 Å². The van der Waals surface area contributed by atoms with E-state index in [1.165, 1.54) is 12.1 Å². The van der Waals surface area contributed by atoms with Crippen molar-refractivity contribution < 1.29 is 18.9 Å². The van der Waals surface area contributed by atoms with Gasteiger partial charge in [-0.25, -0.2) is 0 Å². The second kappa shape index (κ2) is 11.0. The van der Waals surface area contributed by atoms with Crippen LogP contribution in [0.3, 0.4) is 0 Å². The molecule has 0 saturated carbocycles. The Morgan fingerprint density at radius 3 is 2.51 bits per heavy atom. The van der Waals surface area contributed by atoms with E-state index in [0.717, 1.165) is 11.4 Å². The Morgan fingerprint density at radius 1 is 1.12 bits per heavy atom. The molecule has 1 amide bonds. The van der Waals surface area contributed by atoms with Gasteiger partial charge in [0.1, 0.15) is 23.3 Å². The van der Waals surface area contributed by atoms with E-state index in [1.807, 2.05) is 68.1 Å². The van der Waals surface area contributed by atoms with Crippen LogP contribution < -0.4 is 20.3 Å². The average molecular weight is 572 g/mol. The van der Waals surface area contributed by atoms with Crippen LogP contribution in [0.4, 0.5) is 17.1 Å². The summed E-state index contributed by atoms with van der Waals surface area (Å²) in [5.41, 5.74) is 2.18. The topological polar surface area (TPSA) is 123 Å². The third-order valence-electron chi connectivity index (χ3n) is 6.77. The van der Waals surface area contributed by atoms with E-state index in [0.29, 0.717) is 33.6 Å².